The van der Waals surface area contributed by atoms with Crippen LogP contribution >= 0.6 is 11.3 Å². The van der Waals surface area contributed by atoms with Crippen LogP contribution in [0.2, 0.25) is 0 Å². The number of amides is 1. The number of benzene rings is 1. The zero-order valence-corrected chi connectivity index (χ0v) is 15.6. The first-order valence-electron chi connectivity index (χ1n) is 8.71. The number of nitrogens with one attached hydrogen (secondary N) is 1. The highest BCUT2D eigenvalue weighted by molar-refractivity contribution is 7.10. The van der Waals surface area contributed by atoms with Gasteiger partial charge in [-0.3, -0.25) is 4.79 Å². The molecule has 4 rings (SSSR count). The molecule has 0 atom stereocenters. The van der Waals surface area contributed by atoms with Crippen molar-refractivity contribution in [3.8, 4) is 0 Å². The number of esters is 1. The van der Waals surface area contributed by atoms with E-state index in [9.17, 15) is 9.59 Å². The number of para-hydroxylation sites is 1. The van der Waals surface area contributed by atoms with Gasteiger partial charge in [-0.15, -0.1) is 11.3 Å². The molecule has 3 aromatic rings. The molecule has 0 unspecified atom stereocenters. The molecule has 1 aliphatic carbocycles. The molecule has 6 heteroatoms. The molecule has 0 spiro atoms. The summed E-state index contributed by atoms with van der Waals surface area (Å²) in [6, 6.07) is 11.6. The maximum atomic E-state index is 12.8. The van der Waals surface area contributed by atoms with E-state index in [-0.39, 0.29) is 12.5 Å². The van der Waals surface area contributed by atoms with E-state index in [1.807, 2.05) is 35.7 Å². The Morgan fingerprint density at radius 2 is 2.07 bits per heavy atom. The second kappa shape index (κ2) is 7.32. The zero-order chi connectivity index (χ0) is 18.8. The SMILES string of the molecule is CNC(=O)COC(=O)c1c2c(nc3ccccc13)C(=Cc1cccs1)CC2. The van der Waals surface area contributed by atoms with E-state index in [4.69, 9.17) is 9.72 Å². The average Bonchev–Trinajstić information content (AvgIpc) is 3.34. The molecule has 27 heavy (non-hydrogen) atoms. The van der Waals surface area contributed by atoms with Crippen molar-refractivity contribution in [1.29, 1.82) is 0 Å². The van der Waals surface area contributed by atoms with E-state index in [2.05, 4.69) is 17.5 Å². The van der Waals surface area contributed by atoms with Crippen LogP contribution in [0.3, 0.4) is 0 Å². The predicted octanol–water partition coefficient (Wildman–Crippen LogP) is 3.69. The molecule has 2 aromatic heterocycles. The van der Waals surface area contributed by atoms with Gasteiger partial charge < -0.3 is 10.1 Å². The van der Waals surface area contributed by atoms with Crippen molar-refractivity contribution in [1.82, 2.24) is 10.3 Å². The number of aromatic nitrogens is 1. The molecule has 0 aliphatic heterocycles. The summed E-state index contributed by atoms with van der Waals surface area (Å²) in [5, 5.41) is 5.26. The number of ether oxygens (including phenoxy) is 1. The van der Waals surface area contributed by atoms with Crippen LogP contribution in [0.25, 0.3) is 22.6 Å². The number of allylic oxidation sites excluding steroid dienone is 1. The molecule has 0 saturated carbocycles. The van der Waals surface area contributed by atoms with Crippen LogP contribution in [0.5, 0.6) is 0 Å². The highest BCUT2D eigenvalue weighted by atomic mass is 32.1. The topological polar surface area (TPSA) is 68.3 Å². The molecule has 0 saturated heterocycles. The monoisotopic (exact) mass is 378 g/mol. The number of pyridine rings is 1. The molecule has 2 heterocycles. The molecular weight excluding hydrogens is 360 g/mol. The standard InChI is InChI=1S/C21H18N2O3S/c1-22-18(24)12-26-21(25)19-15-6-2-3-7-17(15)23-20-13(8-9-16(19)20)11-14-5-4-10-27-14/h2-7,10-11H,8-9,12H2,1H3,(H,22,24). The number of fused-ring (bicyclic) bond motifs is 2. The highest BCUT2D eigenvalue weighted by Crippen LogP contribution is 2.38. The van der Waals surface area contributed by atoms with Crippen molar-refractivity contribution < 1.29 is 14.3 Å². The van der Waals surface area contributed by atoms with Crippen molar-refractivity contribution >= 4 is 45.8 Å². The maximum absolute atomic E-state index is 12.8. The van der Waals surface area contributed by atoms with Gasteiger partial charge in [0.1, 0.15) is 0 Å². The van der Waals surface area contributed by atoms with Crippen LogP contribution in [0.4, 0.5) is 0 Å². The van der Waals surface area contributed by atoms with Crippen LogP contribution in [-0.2, 0) is 16.0 Å². The normalized spacial score (nSPS) is 14.3. The Labute approximate surface area is 160 Å². The lowest BCUT2D eigenvalue weighted by molar-refractivity contribution is -0.123. The van der Waals surface area contributed by atoms with E-state index in [0.29, 0.717) is 5.56 Å². The molecular formula is C21H18N2O3S. The first-order valence-corrected chi connectivity index (χ1v) is 9.59. The number of thiophene rings is 1. The smallest absolute Gasteiger partial charge is 0.339 e. The van der Waals surface area contributed by atoms with Gasteiger partial charge in [-0.2, -0.15) is 0 Å². The fourth-order valence-corrected chi connectivity index (χ4v) is 4.01. The van der Waals surface area contributed by atoms with Crippen molar-refractivity contribution in [3.63, 3.8) is 0 Å². The Balaban J connectivity index is 1.81. The summed E-state index contributed by atoms with van der Waals surface area (Å²) in [6.07, 6.45) is 3.69. The number of rotatable bonds is 4. The van der Waals surface area contributed by atoms with Crippen molar-refractivity contribution in [2.75, 3.05) is 13.7 Å². The average molecular weight is 378 g/mol. The lowest BCUT2D eigenvalue weighted by Crippen LogP contribution is -2.25. The number of nitrogens with zero attached hydrogens (tertiary/aromatic N) is 1. The van der Waals surface area contributed by atoms with E-state index < -0.39 is 5.97 Å². The first kappa shape index (κ1) is 17.4. The molecule has 1 N–H and O–H groups in total. The van der Waals surface area contributed by atoms with E-state index >= 15 is 0 Å². The fraction of sp³-hybridized carbons (Fsp3) is 0.190. The number of hydrogen-bond donors (Lipinski definition) is 1. The Hall–Kier alpha value is -2.99. The second-order valence-electron chi connectivity index (χ2n) is 6.27. The number of hydrogen-bond acceptors (Lipinski definition) is 5. The Bertz CT molecular complexity index is 1050. The molecule has 1 aromatic carbocycles. The molecule has 136 valence electrons. The van der Waals surface area contributed by atoms with Crippen LogP contribution in [0.15, 0.2) is 41.8 Å². The Kier molecular flexibility index (Phi) is 4.73. The van der Waals surface area contributed by atoms with Gasteiger partial charge in [0.25, 0.3) is 5.91 Å². The summed E-state index contributed by atoms with van der Waals surface area (Å²) in [7, 11) is 1.51. The molecule has 1 aliphatic rings. The molecule has 0 bridgehead atoms. The van der Waals surface area contributed by atoms with E-state index in [0.717, 1.165) is 45.5 Å². The van der Waals surface area contributed by atoms with Gasteiger partial charge in [0.05, 0.1) is 16.8 Å². The van der Waals surface area contributed by atoms with Crippen LogP contribution < -0.4 is 5.32 Å². The minimum absolute atomic E-state index is 0.293. The molecule has 0 fully saturated rings. The third-order valence-electron chi connectivity index (χ3n) is 4.62. The van der Waals surface area contributed by atoms with Gasteiger partial charge in [-0.25, -0.2) is 9.78 Å². The summed E-state index contributed by atoms with van der Waals surface area (Å²) in [5.74, 6) is -0.817. The number of carbonyl (C=O) groups excluding carboxylic acids is 2. The summed E-state index contributed by atoms with van der Waals surface area (Å²) in [6.45, 7) is -0.293. The Morgan fingerprint density at radius 1 is 1.22 bits per heavy atom. The van der Waals surface area contributed by atoms with Gasteiger partial charge in [-0.1, -0.05) is 24.3 Å². The largest absolute Gasteiger partial charge is 0.452 e. The quantitative estimate of drug-likeness (QED) is 0.703. The zero-order valence-electron chi connectivity index (χ0n) is 14.8. The molecule has 5 nitrogen and oxygen atoms in total. The fourth-order valence-electron chi connectivity index (χ4n) is 3.33. The Morgan fingerprint density at radius 3 is 2.85 bits per heavy atom. The van der Waals surface area contributed by atoms with Gasteiger partial charge in [0.2, 0.25) is 0 Å². The van der Waals surface area contributed by atoms with Crippen molar-refractivity contribution in [3.05, 3.63) is 63.5 Å². The maximum Gasteiger partial charge on any atom is 0.339 e. The van der Waals surface area contributed by atoms with Crippen molar-refractivity contribution in [2.24, 2.45) is 0 Å². The molecule has 1 amide bonds. The molecule has 0 radical (unpaired) electrons. The van der Waals surface area contributed by atoms with Gasteiger partial charge in [0, 0.05) is 17.3 Å². The van der Waals surface area contributed by atoms with E-state index in [1.54, 1.807) is 11.3 Å². The number of likely N-dealkylation sites (N-methyl/N-ethyl adjacent to an activating group) is 1. The van der Waals surface area contributed by atoms with E-state index in [1.165, 1.54) is 7.05 Å². The summed E-state index contributed by atoms with van der Waals surface area (Å²) >= 11 is 1.67. The summed E-state index contributed by atoms with van der Waals surface area (Å²) in [5.41, 5.74) is 4.15. The predicted molar refractivity (Wildman–Crippen MR) is 107 cm³/mol. The minimum atomic E-state index is -0.481. The highest BCUT2D eigenvalue weighted by Gasteiger charge is 2.27. The van der Waals surface area contributed by atoms with Crippen LogP contribution in [0.1, 0.15) is 32.9 Å². The first-order chi connectivity index (χ1) is 13.2. The summed E-state index contributed by atoms with van der Waals surface area (Å²) < 4.78 is 5.26. The van der Waals surface area contributed by atoms with Crippen LogP contribution in [0, 0.1) is 0 Å². The lowest BCUT2D eigenvalue weighted by atomic mass is 10.0. The lowest BCUT2D eigenvalue weighted by Gasteiger charge is -2.12. The third kappa shape index (κ3) is 3.36. The minimum Gasteiger partial charge on any atom is -0.452 e. The summed E-state index contributed by atoms with van der Waals surface area (Å²) in [4.78, 5) is 30.3. The van der Waals surface area contributed by atoms with Gasteiger partial charge >= 0.3 is 5.97 Å². The third-order valence-corrected chi connectivity index (χ3v) is 5.44. The van der Waals surface area contributed by atoms with Crippen molar-refractivity contribution in [2.45, 2.75) is 12.8 Å². The van der Waals surface area contributed by atoms with Gasteiger partial charge in [0.15, 0.2) is 6.61 Å². The second-order valence-corrected chi connectivity index (χ2v) is 7.24. The number of carbonyl (C=O) groups is 2. The van der Waals surface area contributed by atoms with Crippen LogP contribution in [-0.4, -0.2) is 30.5 Å². The van der Waals surface area contributed by atoms with Gasteiger partial charge in [-0.05, 0) is 47.6 Å².